The molecule has 1 fully saturated rings. The first-order valence-electron chi connectivity index (χ1n) is 14.7. The van der Waals surface area contributed by atoms with Gasteiger partial charge in [-0.05, 0) is 76.6 Å². The van der Waals surface area contributed by atoms with E-state index in [1.165, 1.54) is 59.9 Å². The molecule has 0 N–H and O–H groups in total. The maximum Gasteiger partial charge on any atom is 0.123 e. The predicted molar refractivity (Wildman–Crippen MR) is 163 cm³/mol. The smallest absolute Gasteiger partial charge is 0.123 e. The molecule has 0 radical (unpaired) electrons. The highest BCUT2D eigenvalue weighted by Gasteiger charge is 2.37. The highest BCUT2D eigenvalue weighted by Crippen LogP contribution is 2.46. The van der Waals surface area contributed by atoms with Crippen molar-refractivity contribution in [2.24, 2.45) is 0 Å². The summed E-state index contributed by atoms with van der Waals surface area (Å²) in [7, 11) is 0. The van der Waals surface area contributed by atoms with Crippen LogP contribution in [0.25, 0.3) is 0 Å². The lowest BCUT2D eigenvalue weighted by Gasteiger charge is -2.40. The molecule has 0 nitrogen and oxygen atoms in total. The van der Waals surface area contributed by atoms with Crippen LogP contribution < -0.4 is 0 Å². The van der Waals surface area contributed by atoms with E-state index in [0.29, 0.717) is 0 Å². The van der Waals surface area contributed by atoms with Crippen molar-refractivity contribution in [3.8, 4) is 0 Å². The molecule has 1 aliphatic carbocycles. The van der Waals surface area contributed by atoms with E-state index in [0.717, 1.165) is 18.4 Å². The van der Waals surface area contributed by atoms with E-state index in [1.54, 1.807) is 12.1 Å². The van der Waals surface area contributed by atoms with Crippen molar-refractivity contribution in [2.45, 2.75) is 88.9 Å². The fourth-order valence-electron chi connectivity index (χ4n) is 6.95. The third-order valence-electron chi connectivity index (χ3n) is 9.29. The fourth-order valence-corrected chi connectivity index (χ4v) is 6.95. The summed E-state index contributed by atoms with van der Waals surface area (Å²) in [5.74, 6) is -0.185. The Hall–Kier alpha value is -3.19. The number of rotatable bonds is 7. The van der Waals surface area contributed by atoms with Gasteiger partial charge < -0.3 is 0 Å². The predicted octanol–water partition coefficient (Wildman–Crippen LogP) is 10.3. The van der Waals surface area contributed by atoms with E-state index >= 15 is 0 Å². The highest BCUT2D eigenvalue weighted by molar-refractivity contribution is 5.46. The Morgan fingerprint density at radius 1 is 0.641 bits per heavy atom. The van der Waals surface area contributed by atoms with Crippen molar-refractivity contribution in [3.05, 3.63) is 142 Å². The number of hydrogen-bond acceptors (Lipinski definition) is 0. The van der Waals surface area contributed by atoms with Crippen molar-refractivity contribution >= 4 is 0 Å². The zero-order valence-electron chi connectivity index (χ0n) is 24.1. The lowest BCUT2D eigenvalue weighted by atomic mass is 9.64. The van der Waals surface area contributed by atoms with Crippen LogP contribution in [-0.4, -0.2) is 0 Å². The lowest BCUT2D eigenvalue weighted by molar-refractivity contribution is 0.345. The Labute approximate surface area is 235 Å². The first kappa shape index (κ1) is 27.4. The lowest BCUT2D eigenvalue weighted by Crippen LogP contribution is -2.31. The fraction of sp³-hybridized carbons (Fsp3) is 0.368. The Morgan fingerprint density at radius 3 is 1.85 bits per heavy atom. The minimum absolute atomic E-state index is 0.0549. The van der Waals surface area contributed by atoms with Gasteiger partial charge in [0, 0.05) is 10.8 Å². The summed E-state index contributed by atoms with van der Waals surface area (Å²) in [6.07, 6.45) is 8.23. The minimum atomic E-state index is -0.220. The monoisotopic (exact) mass is 518 g/mol. The molecule has 0 amide bonds. The van der Waals surface area contributed by atoms with Crippen LogP contribution in [0.5, 0.6) is 0 Å². The van der Waals surface area contributed by atoms with Gasteiger partial charge in [-0.1, -0.05) is 138 Å². The average molecular weight is 519 g/mol. The van der Waals surface area contributed by atoms with Crippen molar-refractivity contribution in [3.63, 3.8) is 0 Å². The second kappa shape index (κ2) is 11.1. The molecule has 1 saturated carbocycles. The van der Waals surface area contributed by atoms with Crippen molar-refractivity contribution < 1.29 is 4.39 Å². The molecule has 0 aliphatic heterocycles. The van der Waals surface area contributed by atoms with Gasteiger partial charge in [-0.3, -0.25) is 0 Å². The van der Waals surface area contributed by atoms with Crippen LogP contribution in [0.4, 0.5) is 4.39 Å². The molecule has 4 aromatic rings. The molecular weight excluding hydrogens is 475 g/mol. The third kappa shape index (κ3) is 5.60. The molecule has 0 bridgehead atoms. The Balaban J connectivity index is 1.58. The van der Waals surface area contributed by atoms with Gasteiger partial charge in [0.15, 0.2) is 0 Å². The molecule has 39 heavy (non-hydrogen) atoms. The van der Waals surface area contributed by atoms with Crippen molar-refractivity contribution in [1.29, 1.82) is 0 Å². The highest BCUT2D eigenvalue weighted by atomic mass is 19.1. The van der Waals surface area contributed by atoms with Gasteiger partial charge in [-0.25, -0.2) is 4.39 Å². The molecule has 0 heterocycles. The minimum Gasteiger partial charge on any atom is -0.207 e. The molecule has 0 saturated heterocycles. The van der Waals surface area contributed by atoms with Crippen LogP contribution in [0.2, 0.25) is 0 Å². The van der Waals surface area contributed by atoms with Gasteiger partial charge in [0.1, 0.15) is 5.82 Å². The van der Waals surface area contributed by atoms with E-state index in [-0.39, 0.29) is 22.1 Å². The SMILES string of the molecule is CC(C)(C)c1ccc(C2(c3ccccc3)CCCCC2)cc1CCC(C)(c1ccccc1)c1ccc(F)cc1. The number of benzene rings is 4. The van der Waals surface area contributed by atoms with E-state index in [1.807, 2.05) is 12.1 Å². The molecular formula is C38H43F. The van der Waals surface area contributed by atoms with Crippen molar-refractivity contribution in [1.82, 2.24) is 0 Å². The number of hydrogen-bond donors (Lipinski definition) is 0. The molecule has 1 atom stereocenters. The molecule has 4 aromatic carbocycles. The van der Waals surface area contributed by atoms with Gasteiger partial charge in [-0.15, -0.1) is 0 Å². The van der Waals surface area contributed by atoms with E-state index in [2.05, 4.69) is 107 Å². The zero-order valence-corrected chi connectivity index (χ0v) is 24.1. The molecule has 0 aromatic heterocycles. The maximum absolute atomic E-state index is 13.9. The van der Waals surface area contributed by atoms with Gasteiger partial charge in [0.2, 0.25) is 0 Å². The molecule has 1 unspecified atom stereocenters. The van der Waals surface area contributed by atoms with Gasteiger partial charge in [-0.2, -0.15) is 0 Å². The number of halogens is 1. The molecule has 202 valence electrons. The van der Waals surface area contributed by atoms with Gasteiger partial charge in [0.05, 0.1) is 0 Å². The standard InChI is InChI=1S/C38H43F/c1-36(2,3)35-23-20-33(38(25-12-7-13-26-38)32-16-10-6-11-17-32)28-29(35)24-27-37(4,30-14-8-5-9-15-30)31-18-21-34(39)22-19-31/h5-6,8-11,14-23,28H,7,12-13,24-27H2,1-4H3. The summed E-state index contributed by atoms with van der Waals surface area (Å²) in [5.41, 5.74) is 8.17. The second-order valence-corrected chi connectivity index (χ2v) is 12.8. The van der Waals surface area contributed by atoms with E-state index < -0.39 is 0 Å². The topological polar surface area (TPSA) is 0 Å². The Bertz CT molecular complexity index is 1360. The maximum atomic E-state index is 13.9. The van der Waals surface area contributed by atoms with Crippen LogP contribution in [0.15, 0.2) is 103 Å². The van der Waals surface area contributed by atoms with Crippen LogP contribution in [-0.2, 0) is 22.7 Å². The van der Waals surface area contributed by atoms with E-state index in [4.69, 9.17) is 0 Å². The van der Waals surface area contributed by atoms with E-state index in [9.17, 15) is 4.39 Å². The largest absolute Gasteiger partial charge is 0.207 e. The van der Waals surface area contributed by atoms with Crippen LogP contribution in [0.3, 0.4) is 0 Å². The van der Waals surface area contributed by atoms with Gasteiger partial charge in [0.25, 0.3) is 0 Å². The summed E-state index contributed by atoms with van der Waals surface area (Å²) in [6, 6.07) is 36.5. The van der Waals surface area contributed by atoms with Gasteiger partial charge >= 0.3 is 0 Å². The second-order valence-electron chi connectivity index (χ2n) is 12.8. The summed E-state index contributed by atoms with van der Waals surface area (Å²) in [4.78, 5) is 0. The Kier molecular flexibility index (Phi) is 7.81. The summed E-state index contributed by atoms with van der Waals surface area (Å²) in [5, 5.41) is 0. The van der Waals surface area contributed by atoms with Crippen LogP contribution in [0, 0.1) is 5.82 Å². The summed E-state index contributed by atoms with van der Waals surface area (Å²) >= 11 is 0. The first-order chi connectivity index (χ1) is 18.7. The molecule has 0 spiro atoms. The molecule has 5 rings (SSSR count). The first-order valence-corrected chi connectivity index (χ1v) is 14.7. The van der Waals surface area contributed by atoms with Crippen LogP contribution >= 0.6 is 0 Å². The average Bonchev–Trinajstić information content (AvgIpc) is 2.97. The quantitative estimate of drug-likeness (QED) is 0.228. The summed E-state index contributed by atoms with van der Waals surface area (Å²) in [6.45, 7) is 9.31. The molecule has 1 heteroatoms. The third-order valence-corrected chi connectivity index (χ3v) is 9.29. The normalized spacial score (nSPS) is 16.9. The zero-order chi connectivity index (χ0) is 27.5. The van der Waals surface area contributed by atoms with Crippen LogP contribution in [0.1, 0.15) is 99.6 Å². The van der Waals surface area contributed by atoms with Crippen molar-refractivity contribution in [2.75, 3.05) is 0 Å². The Morgan fingerprint density at radius 2 is 1.23 bits per heavy atom. The molecule has 1 aliphatic rings. The number of aryl methyl sites for hydroxylation is 1. The summed E-state index contributed by atoms with van der Waals surface area (Å²) < 4.78 is 13.9.